The largest absolute Gasteiger partial charge is 0.339 e. The number of aryl methyl sites for hydroxylation is 4. The van der Waals surface area contributed by atoms with E-state index in [1.807, 2.05) is 0 Å². The third-order valence-corrected chi connectivity index (χ3v) is 28.5. The minimum absolute atomic E-state index is 0.0245. The molecule has 11 aromatic rings. The summed E-state index contributed by atoms with van der Waals surface area (Å²) in [5, 5.41) is 0. The first-order valence-corrected chi connectivity index (χ1v) is 42.8. The van der Waals surface area contributed by atoms with Gasteiger partial charge in [0, 0.05) is 120 Å². The monoisotopic (exact) mass is 1570 g/mol. The number of fused-ring (bicyclic) bond motifs is 11. The van der Waals surface area contributed by atoms with E-state index in [4.69, 9.17) is 0 Å². The van der Waals surface area contributed by atoms with Gasteiger partial charge in [0.15, 0.2) is 24.7 Å². The van der Waals surface area contributed by atoms with Crippen LogP contribution in [0, 0.1) is 27.7 Å². The van der Waals surface area contributed by atoms with Gasteiger partial charge in [-0.25, -0.2) is 37.9 Å². The Bertz CT molecular complexity index is 6160. The van der Waals surface area contributed by atoms with Crippen molar-refractivity contribution in [2.45, 2.75) is 164 Å². The van der Waals surface area contributed by atoms with Gasteiger partial charge in [0.2, 0.25) is 0 Å². The van der Waals surface area contributed by atoms with Gasteiger partial charge in [-0.3, -0.25) is 0 Å². The molecule has 0 saturated heterocycles. The van der Waals surface area contributed by atoms with E-state index in [0.29, 0.717) is 6.17 Å². The second kappa shape index (κ2) is 29.5. The van der Waals surface area contributed by atoms with Crippen LogP contribution in [0.15, 0.2) is 261 Å². The van der Waals surface area contributed by atoms with Crippen LogP contribution in [0.5, 0.6) is 0 Å². The topological polar surface area (TPSA) is 41.4 Å². The Balaban J connectivity index is 0.000000113. The van der Waals surface area contributed by atoms with Crippen molar-refractivity contribution in [2.75, 3.05) is 47.8 Å². The van der Waals surface area contributed by atoms with E-state index in [0.717, 1.165) is 6.42 Å². The van der Waals surface area contributed by atoms with E-state index in [9.17, 15) is 0 Å². The number of aromatic nitrogens is 4. The SMILES string of the molecule is Cc1ccccc1-c1c2c(cc(N3C=CN(C)[C@@H]3C)[n+]1C)-c1ccccc1C2(C)C.Cc1ccccc1-c1c2c(cc(N3C=CN(C)[C@@H]3C)[n+]1C)C(C)(C)C1=C2CC=C1.Cc1ccccc1-c1cc2c(c(N3C=CN(C)[C@@H]3C)[n+]1C)-c1ccccc1C2(C)C.Cc1ccccc1-c1cc2c(c(N3C=CN(C)[C@@H]3C)[n+]1C)C(C)(C)c1ccccc1-2. The molecule has 4 aliphatic heterocycles. The highest BCUT2D eigenvalue weighted by Crippen LogP contribution is 2.58. The number of allylic oxidation sites excluding steroid dienone is 4. The molecule has 7 aromatic carbocycles. The molecule has 604 valence electrons. The van der Waals surface area contributed by atoms with Crippen molar-refractivity contribution in [3.63, 3.8) is 0 Å². The lowest BCUT2D eigenvalue weighted by Crippen LogP contribution is -2.46. The summed E-state index contributed by atoms with van der Waals surface area (Å²) in [6, 6.07) is 71.3. The van der Waals surface area contributed by atoms with Gasteiger partial charge in [-0.2, -0.15) is 0 Å². The zero-order valence-electron chi connectivity index (χ0n) is 74.6. The fraction of sp³-hybridized carbons (Fsp3) is 0.308. The van der Waals surface area contributed by atoms with Gasteiger partial charge in [-0.1, -0.05) is 237 Å². The van der Waals surface area contributed by atoms with E-state index in [2.05, 4.69) is 481 Å². The molecule has 0 fully saturated rings. The Morgan fingerprint density at radius 1 is 0.303 bits per heavy atom. The number of benzene rings is 7. The maximum absolute atomic E-state index is 2.43. The second-order valence-electron chi connectivity index (χ2n) is 36.7. The Hall–Kier alpha value is -12.0. The summed E-state index contributed by atoms with van der Waals surface area (Å²) in [5.41, 5.74) is 38.0. The zero-order valence-corrected chi connectivity index (χ0v) is 74.6. The molecular formula is C107H120N12+4. The highest BCUT2D eigenvalue weighted by molar-refractivity contribution is 5.94. The molecular weight excluding hydrogens is 1450 g/mol. The fourth-order valence-electron chi connectivity index (χ4n) is 20.9. The average Bonchev–Trinajstić information content (AvgIpc) is 1.57. The summed E-state index contributed by atoms with van der Waals surface area (Å²) in [4.78, 5) is 18.6. The van der Waals surface area contributed by atoms with Crippen LogP contribution in [0.4, 0.5) is 23.3 Å². The first kappa shape index (κ1) is 79.4. The lowest BCUT2D eigenvalue weighted by Gasteiger charge is -2.28. The summed E-state index contributed by atoms with van der Waals surface area (Å²) >= 11 is 0. The van der Waals surface area contributed by atoms with Crippen molar-refractivity contribution in [1.82, 2.24) is 19.6 Å². The third-order valence-electron chi connectivity index (χ3n) is 28.5. The van der Waals surface area contributed by atoms with Crippen LogP contribution < -0.4 is 37.9 Å². The Labute approximate surface area is 708 Å². The summed E-state index contributed by atoms with van der Waals surface area (Å²) < 4.78 is 9.59. The molecule has 0 amide bonds. The Morgan fingerprint density at radius 3 is 1.12 bits per heavy atom. The van der Waals surface area contributed by atoms with E-state index in [-0.39, 0.29) is 40.2 Å². The number of hydrogen-bond donors (Lipinski definition) is 0. The fourth-order valence-corrected chi connectivity index (χ4v) is 20.9. The molecule has 12 heteroatoms. The van der Waals surface area contributed by atoms with Crippen molar-refractivity contribution in [3.05, 3.63) is 328 Å². The summed E-state index contributed by atoms with van der Waals surface area (Å²) in [6.45, 7) is 36.8. The lowest BCUT2D eigenvalue weighted by molar-refractivity contribution is -0.648. The first-order chi connectivity index (χ1) is 56.8. The predicted molar refractivity (Wildman–Crippen MR) is 493 cm³/mol. The number of rotatable bonds is 8. The Morgan fingerprint density at radius 2 is 0.655 bits per heavy atom. The molecule has 12 nitrogen and oxygen atoms in total. The van der Waals surface area contributed by atoms with E-state index >= 15 is 0 Å². The van der Waals surface area contributed by atoms with Crippen LogP contribution in [0.1, 0.15) is 156 Å². The zero-order chi connectivity index (χ0) is 84.1. The average molecular weight is 1570 g/mol. The summed E-state index contributed by atoms with van der Waals surface area (Å²) in [6.07, 6.45) is 24.3. The molecule has 4 aromatic heterocycles. The van der Waals surface area contributed by atoms with Gasteiger partial charge in [0.05, 0.1) is 39.3 Å². The van der Waals surface area contributed by atoms with E-state index < -0.39 is 0 Å². The van der Waals surface area contributed by atoms with Gasteiger partial charge in [-0.05, 0) is 163 Å². The highest BCUT2D eigenvalue weighted by atomic mass is 15.4. The molecule has 0 spiro atoms. The minimum Gasteiger partial charge on any atom is -0.339 e. The van der Waals surface area contributed by atoms with Crippen LogP contribution in [-0.2, 0) is 49.9 Å². The molecule has 0 unspecified atom stereocenters. The highest BCUT2D eigenvalue weighted by Gasteiger charge is 2.50. The van der Waals surface area contributed by atoms with Crippen molar-refractivity contribution in [2.24, 2.45) is 28.2 Å². The Kier molecular flexibility index (Phi) is 19.7. The predicted octanol–water partition coefficient (Wildman–Crippen LogP) is 21.1. The molecule has 0 saturated carbocycles. The van der Waals surface area contributed by atoms with Crippen LogP contribution in [-0.4, -0.2) is 72.5 Å². The van der Waals surface area contributed by atoms with Gasteiger partial charge in [0.1, 0.15) is 47.6 Å². The van der Waals surface area contributed by atoms with Crippen LogP contribution in [0.25, 0.3) is 84.0 Å². The maximum atomic E-state index is 2.43. The standard InChI is InChI=1S/3C27H30N3.C26H30N3/c1-18-11-7-8-12-20(18)26-25-22(21-13-9-10-14-23(21)27(25,3)4)17-24(29(26)6)30-16-15-28(5)19(30)2;1-18-11-7-8-12-20(18)24-17-22-21-13-9-10-14-23(21)27(3,4)25(22)26(29(24)6)30-16-15-28(5)19(30)2;1-18-11-7-8-12-20(18)24-17-23-25(21-13-9-10-14-22(21)27(23,3)4)26(29(24)6)30-16-15-28(5)19(30)2;1-17-10-7-8-11-19(17)25-24-20-12-9-13-21(20)26(3,4)22(24)16-23(28(25)6)29-15-14-27(5)18(29)2/h3*7-17,19H,1-6H3;7-11,13-16,18H,12H2,1-6H3/q4*+1/t3*19-;18-/m0000/s1. The first-order valence-electron chi connectivity index (χ1n) is 42.8. The third kappa shape index (κ3) is 12.5. The molecule has 119 heavy (non-hydrogen) atoms. The molecule has 0 radical (unpaired) electrons. The number of hydrogen-bond acceptors (Lipinski definition) is 8. The van der Waals surface area contributed by atoms with Gasteiger partial charge >= 0.3 is 0 Å². The molecule has 9 aliphatic rings. The summed E-state index contributed by atoms with van der Waals surface area (Å²) in [7, 11) is 17.4. The normalized spacial score (nSPS) is 19.3. The quantitative estimate of drug-likeness (QED) is 0.139. The van der Waals surface area contributed by atoms with Gasteiger partial charge < -0.3 is 19.6 Å². The summed E-state index contributed by atoms with van der Waals surface area (Å²) in [5.74, 6) is 5.00. The van der Waals surface area contributed by atoms with Gasteiger partial charge in [-0.15, -0.1) is 0 Å². The molecule has 8 heterocycles. The smallest absolute Gasteiger partial charge is 0.291 e. The number of anilines is 4. The number of pyridine rings is 4. The van der Waals surface area contributed by atoms with E-state index in [1.54, 1.807) is 0 Å². The molecule has 20 rings (SSSR count). The molecule has 0 N–H and O–H groups in total. The minimum atomic E-state index is -0.0575. The van der Waals surface area contributed by atoms with Crippen molar-refractivity contribution < 1.29 is 18.3 Å². The van der Waals surface area contributed by atoms with Crippen molar-refractivity contribution in [1.29, 1.82) is 0 Å². The maximum Gasteiger partial charge on any atom is 0.291 e. The van der Waals surface area contributed by atoms with E-state index in [1.165, 1.54) is 180 Å². The van der Waals surface area contributed by atoms with Gasteiger partial charge in [0.25, 0.3) is 23.3 Å². The molecule has 0 bridgehead atoms. The molecule has 5 aliphatic carbocycles. The second-order valence-corrected chi connectivity index (χ2v) is 36.7. The molecule has 4 atom stereocenters. The van der Waals surface area contributed by atoms with Crippen LogP contribution in [0.2, 0.25) is 0 Å². The van der Waals surface area contributed by atoms with Crippen LogP contribution in [0.3, 0.4) is 0 Å². The van der Waals surface area contributed by atoms with Crippen LogP contribution >= 0.6 is 0 Å². The lowest BCUT2D eigenvalue weighted by atomic mass is 9.80. The van der Waals surface area contributed by atoms with Crippen molar-refractivity contribution >= 4 is 28.8 Å². The van der Waals surface area contributed by atoms with Crippen molar-refractivity contribution in [3.8, 4) is 78.4 Å². The number of nitrogens with zero attached hydrogens (tertiary/aromatic N) is 12.